The lowest BCUT2D eigenvalue weighted by Crippen LogP contribution is -1.92. The molecule has 106 valence electrons. The van der Waals surface area contributed by atoms with Crippen LogP contribution >= 0.6 is 0 Å². The van der Waals surface area contributed by atoms with Gasteiger partial charge in [0, 0.05) is 12.1 Å². The van der Waals surface area contributed by atoms with E-state index in [9.17, 15) is 4.39 Å². The molecule has 3 aromatic rings. The van der Waals surface area contributed by atoms with Crippen LogP contribution in [0.5, 0.6) is 0 Å². The third-order valence-corrected chi connectivity index (χ3v) is 3.17. The normalized spacial score (nSPS) is 10.8. The number of hydrogen-bond acceptors (Lipinski definition) is 4. The number of aromatic nitrogens is 2. The molecule has 0 radical (unpaired) electrons. The molecule has 0 fully saturated rings. The molecule has 4 nitrogen and oxygen atoms in total. The van der Waals surface area contributed by atoms with Crippen LogP contribution in [0.15, 0.2) is 47.0 Å². The molecule has 0 aliphatic rings. The highest BCUT2D eigenvalue weighted by Crippen LogP contribution is 2.23. The summed E-state index contributed by atoms with van der Waals surface area (Å²) in [6, 6.07) is 12.3. The molecule has 0 amide bonds. The van der Waals surface area contributed by atoms with Crippen LogP contribution in [0.25, 0.3) is 11.5 Å². The number of hydrogen-bond donors (Lipinski definition) is 1. The molecule has 0 atom stereocenters. The number of benzene rings is 2. The fourth-order valence-electron chi connectivity index (χ4n) is 2.03. The Labute approximate surface area is 121 Å². The first kappa shape index (κ1) is 13.3. The molecule has 0 saturated carbocycles. The Hall–Kier alpha value is -2.69. The molecular formula is C16H14FN3O. The minimum absolute atomic E-state index is 0.141. The molecule has 1 aromatic heterocycles. The van der Waals surface area contributed by atoms with Crippen molar-refractivity contribution in [1.82, 2.24) is 10.1 Å². The van der Waals surface area contributed by atoms with Gasteiger partial charge in [0.05, 0.1) is 5.56 Å². The molecule has 0 bridgehead atoms. The largest absolute Gasteiger partial charge is 0.399 e. The van der Waals surface area contributed by atoms with Crippen LogP contribution in [0.4, 0.5) is 10.1 Å². The van der Waals surface area contributed by atoms with Crippen molar-refractivity contribution in [2.24, 2.45) is 0 Å². The Morgan fingerprint density at radius 2 is 1.90 bits per heavy atom. The average Bonchev–Trinajstić information content (AvgIpc) is 2.92. The van der Waals surface area contributed by atoms with Gasteiger partial charge in [-0.25, -0.2) is 4.39 Å². The van der Waals surface area contributed by atoms with E-state index in [-0.39, 0.29) is 11.5 Å². The second-order valence-corrected chi connectivity index (χ2v) is 4.92. The van der Waals surface area contributed by atoms with E-state index >= 15 is 0 Å². The number of nitrogens with zero attached hydrogens (tertiary/aromatic N) is 2. The van der Waals surface area contributed by atoms with Crippen LogP contribution in [-0.4, -0.2) is 10.1 Å². The van der Waals surface area contributed by atoms with E-state index < -0.39 is 5.82 Å². The van der Waals surface area contributed by atoms with Gasteiger partial charge in [-0.05, 0) is 30.7 Å². The minimum Gasteiger partial charge on any atom is -0.399 e. The van der Waals surface area contributed by atoms with Gasteiger partial charge >= 0.3 is 0 Å². The number of aryl methyl sites for hydroxylation is 1. The van der Waals surface area contributed by atoms with Crippen LogP contribution in [0.2, 0.25) is 0 Å². The van der Waals surface area contributed by atoms with E-state index in [0.717, 1.165) is 5.56 Å². The summed E-state index contributed by atoms with van der Waals surface area (Å²) in [7, 11) is 0. The first-order chi connectivity index (χ1) is 10.1. The van der Waals surface area contributed by atoms with Crippen molar-refractivity contribution in [2.45, 2.75) is 13.3 Å². The van der Waals surface area contributed by atoms with Crippen molar-refractivity contribution in [3.8, 4) is 11.5 Å². The van der Waals surface area contributed by atoms with Crippen LogP contribution in [0, 0.1) is 12.7 Å². The highest BCUT2D eigenvalue weighted by atomic mass is 19.1. The fraction of sp³-hybridized carbons (Fsp3) is 0.125. The molecule has 0 aliphatic heterocycles. The number of halogens is 1. The Bertz CT molecular complexity index is 765. The van der Waals surface area contributed by atoms with Crippen molar-refractivity contribution in [2.75, 3.05) is 5.73 Å². The standard InChI is InChI=1S/C16H14FN3O/c1-10-2-4-11(5-3-10)8-15-19-16(21-20-15)13-9-12(18)6-7-14(13)17/h2-7,9H,8,18H2,1H3. The molecule has 1 heterocycles. The van der Waals surface area contributed by atoms with Crippen molar-refractivity contribution in [3.63, 3.8) is 0 Å². The van der Waals surface area contributed by atoms with Crippen LogP contribution in [0.3, 0.4) is 0 Å². The van der Waals surface area contributed by atoms with Gasteiger partial charge in [0.2, 0.25) is 0 Å². The fourth-order valence-corrected chi connectivity index (χ4v) is 2.03. The van der Waals surface area contributed by atoms with Crippen LogP contribution in [-0.2, 0) is 6.42 Å². The Kier molecular flexibility index (Phi) is 3.39. The summed E-state index contributed by atoms with van der Waals surface area (Å²) < 4.78 is 18.9. The first-order valence-electron chi connectivity index (χ1n) is 6.55. The molecule has 21 heavy (non-hydrogen) atoms. The van der Waals surface area contributed by atoms with E-state index in [2.05, 4.69) is 10.1 Å². The van der Waals surface area contributed by atoms with Crippen molar-refractivity contribution >= 4 is 5.69 Å². The molecule has 2 N–H and O–H groups in total. The average molecular weight is 283 g/mol. The monoisotopic (exact) mass is 283 g/mol. The molecule has 0 aliphatic carbocycles. The van der Waals surface area contributed by atoms with Crippen molar-refractivity contribution < 1.29 is 8.91 Å². The molecule has 0 unspecified atom stereocenters. The van der Waals surface area contributed by atoms with E-state index in [1.165, 1.54) is 23.8 Å². The number of nitrogen functional groups attached to an aromatic ring is 1. The van der Waals surface area contributed by atoms with Gasteiger partial charge in [0.25, 0.3) is 5.89 Å². The van der Waals surface area contributed by atoms with Gasteiger partial charge in [0.1, 0.15) is 5.82 Å². The van der Waals surface area contributed by atoms with Crippen molar-refractivity contribution in [3.05, 3.63) is 65.2 Å². The Morgan fingerprint density at radius 3 is 2.67 bits per heavy atom. The summed E-state index contributed by atoms with van der Waals surface area (Å²) in [5.74, 6) is 0.215. The maximum Gasteiger partial charge on any atom is 0.260 e. The van der Waals surface area contributed by atoms with E-state index in [1.54, 1.807) is 0 Å². The van der Waals surface area contributed by atoms with E-state index in [0.29, 0.717) is 17.9 Å². The number of anilines is 1. The van der Waals surface area contributed by atoms with Gasteiger partial charge in [-0.1, -0.05) is 35.0 Å². The topological polar surface area (TPSA) is 64.9 Å². The molecule has 5 heteroatoms. The first-order valence-corrected chi connectivity index (χ1v) is 6.55. The van der Waals surface area contributed by atoms with Gasteiger partial charge < -0.3 is 10.3 Å². The maximum atomic E-state index is 13.8. The summed E-state index contributed by atoms with van der Waals surface area (Å²) in [5.41, 5.74) is 8.58. The zero-order valence-electron chi connectivity index (χ0n) is 11.5. The van der Waals surface area contributed by atoms with Crippen molar-refractivity contribution in [1.29, 1.82) is 0 Å². The lowest BCUT2D eigenvalue weighted by atomic mass is 10.1. The Balaban J connectivity index is 1.86. The third kappa shape index (κ3) is 2.91. The van der Waals surface area contributed by atoms with Gasteiger partial charge in [0.15, 0.2) is 5.82 Å². The highest BCUT2D eigenvalue weighted by Gasteiger charge is 2.14. The zero-order valence-corrected chi connectivity index (χ0v) is 11.5. The van der Waals surface area contributed by atoms with Gasteiger partial charge in [-0.15, -0.1) is 0 Å². The molecule has 0 spiro atoms. The quantitative estimate of drug-likeness (QED) is 0.748. The molecule has 0 saturated heterocycles. The smallest absolute Gasteiger partial charge is 0.260 e. The lowest BCUT2D eigenvalue weighted by molar-refractivity contribution is 0.421. The highest BCUT2D eigenvalue weighted by molar-refractivity contribution is 5.60. The summed E-state index contributed by atoms with van der Waals surface area (Å²) in [6.45, 7) is 2.03. The van der Waals surface area contributed by atoms with E-state index in [4.69, 9.17) is 10.3 Å². The van der Waals surface area contributed by atoms with Gasteiger partial charge in [-0.2, -0.15) is 4.98 Å². The SMILES string of the molecule is Cc1ccc(Cc2noc(-c3cc(N)ccc3F)n2)cc1. The maximum absolute atomic E-state index is 13.8. The minimum atomic E-state index is -0.435. The van der Waals surface area contributed by atoms with Crippen LogP contribution < -0.4 is 5.73 Å². The summed E-state index contributed by atoms with van der Waals surface area (Å²) in [4.78, 5) is 4.23. The lowest BCUT2D eigenvalue weighted by Gasteiger charge is -1.98. The number of nitrogens with two attached hydrogens (primary N) is 1. The third-order valence-electron chi connectivity index (χ3n) is 3.17. The predicted molar refractivity (Wildman–Crippen MR) is 78.1 cm³/mol. The second-order valence-electron chi connectivity index (χ2n) is 4.92. The number of rotatable bonds is 3. The molecule has 3 rings (SSSR count). The zero-order chi connectivity index (χ0) is 14.8. The molecular weight excluding hydrogens is 269 g/mol. The van der Waals surface area contributed by atoms with Crippen LogP contribution in [0.1, 0.15) is 17.0 Å². The second kappa shape index (κ2) is 5.36. The summed E-state index contributed by atoms with van der Waals surface area (Å²) in [6.07, 6.45) is 0.535. The molecule has 2 aromatic carbocycles. The van der Waals surface area contributed by atoms with E-state index in [1.807, 2.05) is 31.2 Å². The Morgan fingerprint density at radius 1 is 1.14 bits per heavy atom. The van der Waals surface area contributed by atoms with Gasteiger partial charge in [-0.3, -0.25) is 0 Å². The predicted octanol–water partition coefficient (Wildman–Crippen LogP) is 3.36. The summed E-state index contributed by atoms with van der Waals surface area (Å²) >= 11 is 0. The summed E-state index contributed by atoms with van der Waals surface area (Å²) in [5, 5.41) is 3.89.